The quantitative estimate of drug-likeness (QED) is 0.413. The van der Waals surface area contributed by atoms with Gasteiger partial charge in [0.05, 0.1) is 4.90 Å². The number of carbonyl (C=O) groups excluding carboxylic acids is 1. The van der Waals surface area contributed by atoms with Crippen molar-refractivity contribution >= 4 is 27.4 Å². The maximum atomic E-state index is 12.3. The van der Waals surface area contributed by atoms with Crippen LogP contribution in [0.2, 0.25) is 0 Å². The van der Waals surface area contributed by atoms with Crippen molar-refractivity contribution in [3.8, 4) is 6.07 Å². The van der Waals surface area contributed by atoms with Crippen molar-refractivity contribution in [3.05, 3.63) is 64.9 Å². The minimum Gasteiger partial charge on any atom is -0.360 e. The molecule has 0 atom stereocenters. The zero-order valence-corrected chi connectivity index (χ0v) is 15.9. The topological polar surface area (TPSA) is 119 Å². The highest BCUT2D eigenvalue weighted by atomic mass is 32.2. The van der Waals surface area contributed by atoms with Crippen molar-refractivity contribution in [2.45, 2.75) is 25.7 Å². The van der Waals surface area contributed by atoms with Gasteiger partial charge in [0, 0.05) is 17.6 Å². The lowest BCUT2D eigenvalue weighted by Crippen LogP contribution is -2.15. The summed E-state index contributed by atoms with van der Waals surface area (Å²) in [6.07, 6.45) is 1.33. The molecule has 0 spiro atoms. The zero-order valence-electron chi connectivity index (χ0n) is 15.1. The van der Waals surface area contributed by atoms with Gasteiger partial charge in [0.1, 0.15) is 11.6 Å². The molecule has 0 aliphatic heterocycles. The molecule has 0 bridgehead atoms. The average molecular weight is 385 g/mol. The molecule has 140 valence electrons. The molecule has 0 fully saturated rings. The van der Waals surface area contributed by atoms with Crippen LogP contribution in [0, 0.1) is 32.1 Å². The Bertz CT molecular complexity index is 1030. The SMILES string of the molecule is Cc1cc(C)c(N/C=C(/C#N)C(=O)Nc2ccc(S(=O)(=O)O)cc2)c(C)c1. The van der Waals surface area contributed by atoms with Gasteiger partial charge in [-0.15, -0.1) is 0 Å². The van der Waals surface area contributed by atoms with Gasteiger partial charge in [-0.25, -0.2) is 0 Å². The molecular formula is C19H19N3O4S. The monoisotopic (exact) mass is 385 g/mol. The first-order valence-corrected chi connectivity index (χ1v) is 9.39. The van der Waals surface area contributed by atoms with E-state index in [-0.39, 0.29) is 16.2 Å². The van der Waals surface area contributed by atoms with E-state index >= 15 is 0 Å². The van der Waals surface area contributed by atoms with Crippen LogP contribution >= 0.6 is 0 Å². The highest BCUT2D eigenvalue weighted by Crippen LogP contribution is 2.22. The van der Waals surface area contributed by atoms with Crippen molar-refractivity contribution < 1.29 is 17.8 Å². The highest BCUT2D eigenvalue weighted by Gasteiger charge is 2.12. The molecule has 0 radical (unpaired) electrons. The second kappa shape index (κ2) is 8.03. The van der Waals surface area contributed by atoms with Crippen LogP contribution in [0.15, 0.2) is 53.1 Å². The minimum atomic E-state index is -4.31. The van der Waals surface area contributed by atoms with Crippen LogP contribution in [-0.2, 0) is 14.9 Å². The Labute approximate surface area is 158 Å². The molecule has 0 heterocycles. The molecule has 0 aromatic heterocycles. The van der Waals surface area contributed by atoms with Crippen molar-refractivity contribution in [3.63, 3.8) is 0 Å². The van der Waals surface area contributed by atoms with Gasteiger partial charge in [-0.1, -0.05) is 17.7 Å². The van der Waals surface area contributed by atoms with Crippen LogP contribution in [-0.4, -0.2) is 18.9 Å². The van der Waals surface area contributed by atoms with Crippen molar-refractivity contribution in [2.75, 3.05) is 10.6 Å². The number of nitrogens with zero attached hydrogens (tertiary/aromatic N) is 1. The lowest BCUT2D eigenvalue weighted by atomic mass is 10.1. The molecule has 0 aliphatic rings. The molecule has 0 unspecified atom stereocenters. The summed E-state index contributed by atoms with van der Waals surface area (Å²) in [6, 6.07) is 10.7. The summed E-state index contributed by atoms with van der Waals surface area (Å²) in [4.78, 5) is 12.0. The Balaban J connectivity index is 2.17. The standard InChI is InChI=1S/C19H19N3O4S/c1-12-8-13(2)18(14(3)9-12)21-11-15(10-20)19(23)22-16-4-6-17(7-5-16)27(24,25)26/h4-9,11,21H,1-3H3,(H,22,23)(H,24,25,26)/b15-11-. The number of aryl methyl sites for hydroxylation is 3. The van der Waals surface area contributed by atoms with Gasteiger partial charge in [0.2, 0.25) is 0 Å². The van der Waals surface area contributed by atoms with Gasteiger partial charge in [0.25, 0.3) is 16.0 Å². The molecule has 7 nitrogen and oxygen atoms in total. The Morgan fingerprint density at radius 2 is 1.67 bits per heavy atom. The van der Waals surface area contributed by atoms with E-state index in [1.54, 1.807) is 0 Å². The van der Waals surface area contributed by atoms with Gasteiger partial charge in [-0.05, 0) is 56.2 Å². The fraction of sp³-hybridized carbons (Fsp3) is 0.158. The lowest BCUT2D eigenvalue weighted by Gasteiger charge is -2.11. The second-order valence-corrected chi connectivity index (χ2v) is 7.46. The third-order valence-corrected chi connectivity index (χ3v) is 4.68. The van der Waals surface area contributed by atoms with E-state index in [1.165, 1.54) is 18.3 Å². The zero-order chi connectivity index (χ0) is 20.2. The van der Waals surface area contributed by atoms with Gasteiger partial charge in [0.15, 0.2) is 0 Å². The van der Waals surface area contributed by atoms with E-state index in [2.05, 4.69) is 10.6 Å². The average Bonchev–Trinajstić information content (AvgIpc) is 2.56. The minimum absolute atomic E-state index is 0.145. The predicted molar refractivity (Wildman–Crippen MR) is 103 cm³/mol. The molecule has 2 rings (SSSR count). The van der Waals surface area contributed by atoms with Crippen LogP contribution in [0.4, 0.5) is 11.4 Å². The number of nitrogens with one attached hydrogen (secondary N) is 2. The fourth-order valence-electron chi connectivity index (χ4n) is 2.61. The molecule has 8 heteroatoms. The third kappa shape index (κ3) is 5.17. The van der Waals surface area contributed by atoms with Gasteiger partial charge < -0.3 is 10.6 Å². The summed E-state index contributed by atoms with van der Waals surface area (Å²) in [5.74, 6) is -0.646. The molecular weight excluding hydrogens is 366 g/mol. The largest absolute Gasteiger partial charge is 0.360 e. The molecule has 0 aliphatic carbocycles. The van der Waals surface area contributed by atoms with Crippen molar-refractivity contribution in [1.82, 2.24) is 0 Å². The first-order valence-electron chi connectivity index (χ1n) is 7.95. The first-order chi connectivity index (χ1) is 12.6. The normalized spacial score (nSPS) is 11.6. The number of rotatable bonds is 5. The number of hydrogen-bond acceptors (Lipinski definition) is 5. The van der Waals surface area contributed by atoms with E-state index in [0.29, 0.717) is 0 Å². The van der Waals surface area contributed by atoms with Crippen molar-refractivity contribution in [1.29, 1.82) is 5.26 Å². The summed E-state index contributed by atoms with van der Waals surface area (Å²) in [5.41, 5.74) is 4.05. The molecule has 27 heavy (non-hydrogen) atoms. The Kier molecular flexibility index (Phi) is 6.00. The third-order valence-electron chi connectivity index (χ3n) is 3.81. The van der Waals surface area contributed by atoms with E-state index in [1.807, 2.05) is 39.0 Å². The van der Waals surface area contributed by atoms with Gasteiger partial charge >= 0.3 is 0 Å². The number of amides is 1. The number of benzene rings is 2. The summed E-state index contributed by atoms with van der Waals surface area (Å²) in [5, 5.41) is 14.8. The number of anilines is 2. The van der Waals surface area contributed by atoms with E-state index < -0.39 is 16.0 Å². The molecule has 1 amide bonds. The summed E-state index contributed by atoms with van der Waals surface area (Å²) in [6.45, 7) is 5.85. The maximum Gasteiger partial charge on any atom is 0.294 e. The number of hydrogen-bond donors (Lipinski definition) is 3. The van der Waals surface area contributed by atoms with E-state index in [4.69, 9.17) is 4.55 Å². The van der Waals surface area contributed by atoms with Gasteiger partial charge in [-0.2, -0.15) is 13.7 Å². The highest BCUT2D eigenvalue weighted by molar-refractivity contribution is 7.85. The Morgan fingerprint density at radius 1 is 1.11 bits per heavy atom. The van der Waals surface area contributed by atoms with Crippen LogP contribution in [0.3, 0.4) is 0 Å². The molecule has 3 N–H and O–H groups in total. The number of carbonyl (C=O) groups is 1. The van der Waals surface area contributed by atoms with Crippen LogP contribution in [0.5, 0.6) is 0 Å². The summed E-state index contributed by atoms with van der Waals surface area (Å²) in [7, 11) is -4.31. The van der Waals surface area contributed by atoms with E-state index in [9.17, 15) is 18.5 Å². The fourth-order valence-corrected chi connectivity index (χ4v) is 3.09. The summed E-state index contributed by atoms with van der Waals surface area (Å²) >= 11 is 0. The molecule has 0 saturated carbocycles. The Hall–Kier alpha value is -3.15. The smallest absolute Gasteiger partial charge is 0.294 e. The molecule has 2 aromatic rings. The van der Waals surface area contributed by atoms with E-state index in [0.717, 1.165) is 34.5 Å². The summed E-state index contributed by atoms with van der Waals surface area (Å²) < 4.78 is 31.0. The van der Waals surface area contributed by atoms with Gasteiger partial charge in [-0.3, -0.25) is 9.35 Å². The van der Waals surface area contributed by atoms with Crippen molar-refractivity contribution in [2.24, 2.45) is 0 Å². The van der Waals surface area contributed by atoms with Crippen LogP contribution in [0.25, 0.3) is 0 Å². The lowest BCUT2D eigenvalue weighted by molar-refractivity contribution is -0.112. The first kappa shape index (κ1) is 20.2. The predicted octanol–water partition coefficient (Wildman–Crippen LogP) is 3.32. The van der Waals surface area contributed by atoms with Crippen LogP contribution in [0.1, 0.15) is 16.7 Å². The molecule has 2 aromatic carbocycles. The van der Waals surface area contributed by atoms with Crippen LogP contribution < -0.4 is 10.6 Å². The maximum absolute atomic E-state index is 12.3. The number of nitriles is 1. The Morgan fingerprint density at radius 3 is 2.15 bits per heavy atom. The molecule has 0 saturated heterocycles. The second-order valence-electron chi connectivity index (χ2n) is 6.04.